The summed E-state index contributed by atoms with van der Waals surface area (Å²) in [5.41, 5.74) is 0.187. The monoisotopic (exact) mass is 262 g/mol. The molecule has 0 saturated carbocycles. The number of carbonyl (C=O) groups is 1. The Morgan fingerprint density at radius 1 is 1.06 bits per heavy atom. The first-order valence-corrected chi connectivity index (χ1v) is 5.91. The molecule has 0 fully saturated rings. The lowest BCUT2D eigenvalue weighted by Gasteiger charge is -2.12. The second kappa shape index (κ2) is 6.48. The summed E-state index contributed by atoms with van der Waals surface area (Å²) >= 11 is 0. The highest BCUT2D eigenvalue weighted by molar-refractivity contribution is 7.48. The van der Waals surface area contributed by atoms with Gasteiger partial charge in [-0.25, -0.2) is 19.1 Å². The van der Waals surface area contributed by atoms with Crippen LogP contribution in [0.3, 0.4) is 0 Å². The number of benzene rings is 1. The van der Waals surface area contributed by atoms with Crippen LogP contribution in [-0.2, 0) is 28.2 Å². The number of carbonyl (C=O) groups excluding carboxylic acids is 1. The van der Waals surface area contributed by atoms with Gasteiger partial charge in [0, 0.05) is 0 Å². The molecule has 0 bridgehead atoms. The van der Waals surface area contributed by atoms with Crippen molar-refractivity contribution in [2.45, 2.75) is 0 Å². The van der Waals surface area contributed by atoms with Gasteiger partial charge in [-0.15, -0.1) is 9.35 Å². The average molecular weight is 262 g/mol. The van der Waals surface area contributed by atoms with E-state index in [9.17, 15) is 9.36 Å². The van der Waals surface area contributed by atoms with Crippen LogP contribution in [-0.4, -0.2) is 20.2 Å². The Morgan fingerprint density at radius 2 is 1.59 bits per heavy atom. The van der Waals surface area contributed by atoms with E-state index in [1.54, 1.807) is 18.2 Å². The van der Waals surface area contributed by atoms with Gasteiger partial charge >= 0.3 is 13.8 Å². The maximum Gasteiger partial charge on any atom is 0.588 e. The molecule has 7 nitrogen and oxygen atoms in total. The predicted molar refractivity (Wildman–Crippen MR) is 55.7 cm³/mol. The van der Waals surface area contributed by atoms with Gasteiger partial charge in [-0.1, -0.05) is 18.2 Å². The highest BCUT2D eigenvalue weighted by Crippen LogP contribution is 2.50. The zero-order valence-corrected chi connectivity index (χ0v) is 10.1. The standard InChI is InChI=1S/C9H11O7P/c1-12-15-17(11,16-13-2)14-9(10)8-6-4-3-5-7-8/h3-7H,1-2H3. The molecule has 0 saturated heterocycles. The highest BCUT2D eigenvalue weighted by atomic mass is 31.2. The molecule has 0 radical (unpaired) electrons. The van der Waals surface area contributed by atoms with Crippen molar-refractivity contribution in [1.82, 2.24) is 0 Å². The van der Waals surface area contributed by atoms with E-state index in [1.807, 2.05) is 0 Å². The van der Waals surface area contributed by atoms with E-state index in [2.05, 4.69) is 23.6 Å². The summed E-state index contributed by atoms with van der Waals surface area (Å²) in [6.07, 6.45) is 0. The van der Waals surface area contributed by atoms with Crippen molar-refractivity contribution in [1.29, 1.82) is 0 Å². The molecule has 8 heteroatoms. The molecule has 0 spiro atoms. The van der Waals surface area contributed by atoms with E-state index in [1.165, 1.54) is 12.1 Å². The number of hydrogen-bond donors (Lipinski definition) is 0. The average Bonchev–Trinajstić information content (AvgIpc) is 2.30. The second-order valence-corrected chi connectivity index (χ2v) is 4.05. The van der Waals surface area contributed by atoms with E-state index in [0.717, 1.165) is 14.2 Å². The van der Waals surface area contributed by atoms with Crippen LogP contribution >= 0.6 is 7.82 Å². The van der Waals surface area contributed by atoms with Gasteiger partial charge in [-0.2, -0.15) is 0 Å². The largest absolute Gasteiger partial charge is 0.588 e. The van der Waals surface area contributed by atoms with Gasteiger partial charge in [0.2, 0.25) is 0 Å². The van der Waals surface area contributed by atoms with E-state index in [-0.39, 0.29) is 5.56 Å². The SMILES string of the molecule is COOP(=O)(OOC)OC(=O)c1ccccc1. The molecule has 0 aliphatic rings. The lowest BCUT2D eigenvalue weighted by atomic mass is 10.2. The highest BCUT2D eigenvalue weighted by Gasteiger charge is 2.34. The zero-order chi connectivity index (χ0) is 12.7. The van der Waals surface area contributed by atoms with Gasteiger partial charge in [-0.3, -0.25) is 0 Å². The van der Waals surface area contributed by atoms with Crippen molar-refractivity contribution >= 4 is 13.8 Å². The molecule has 0 amide bonds. The molecule has 0 heterocycles. The summed E-state index contributed by atoms with van der Waals surface area (Å²) in [6, 6.07) is 7.91. The predicted octanol–water partition coefficient (Wildman–Crippen LogP) is 2.11. The maximum atomic E-state index is 11.7. The summed E-state index contributed by atoms with van der Waals surface area (Å²) < 4.78 is 24.6. The molecule has 17 heavy (non-hydrogen) atoms. The lowest BCUT2D eigenvalue weighted by Crippen LogP contribution is -2.07. The van der Waals surface area contributed by atoms with Crippen LogP contribution in [0.2, 0.25) is 0 Å². The third-order valence-corrected chi connectivity index (χ3v) is 2.59. The van der Waals surface area contributed by atoms with Crippen LogP contribution in [0.25, 0.3) is 0 Å². The van der Waals surface area contributed by atoms with E-state index in [0.29, 0.717) is 0 Å². The fourth-order valence-electron chi connectivity index (χ4n) is 0.954. The van der Waals surface area contributed by atoms with Crippen LogP contribution in [0.5, 0.6) is 0 Å². The van der Waals surface area contributed by atoms with Gasteiger partial charge in [0.15, 0.2) is 0 Å². The Bertz CT molecular complexity index is 395. The molecule has 1 rings (SSSR count). The Balaban J connectivity index is 2.74. The first kappa shape index (κ1) is 13.8. The van der Waals surface area contributed by atoms with Crippen molar-refractivity contribution in [3.63, 3.8) is 0 Å². The van der Waals surface area contributed by atoms with E-state index >= 15 is 0 Å². The van der Waals surface area contributed by atoms with Crippen molar-refractivity contribution in [2.75, 3.05) is 14.2 Å². The van der Waals surface area contributed by atoms with E-state index < -0.39 is 13.8 Å². The maximum absolute atomic E-state index is 11.7. The van der Waals surface area contributed by atoms with Crippen molar-refractivity contribution in [3.05, 3.63) is 35.9 Å². The van der Waals surface area contributed by atoms with Gasteiger partial charge in [-0.05, 0) is 12.1 Å². The van der Waals surface area contributed by atoms with Gasteiger partial charge in [0.25, 0.3) is 0 Å². The molecule has 1 aromatic rings. The Hall–Kier alpha value is -1.24. The fourth-order valence-corrected chi connectivity index (χ4v) is 1.71. The number of phosphoric acid groups is 1. The zero-order valence-electron chi connectivity index (χ0n) is 9.19. The first-order chi connectivity index (χ1) is 8.11. The van der Waals surface area contributed by atoms with Crippen LogP contribution in [0.1, 0.15) is 10.4 Å². The Kier molecular flexibility index (Phi) is 5.27. The van der Waals surface area contributed by atoms with Crippen molar-refractivity contribution in [2.24, 2.45) is 0 Å². The van der Waals surface area contributed by atoms with Crippen LogP contribution in [0.15, 0.2) is 30.3 Å². The molecule has 0 atom stereocenters. The molecule has 0 aliphatic heterocycles. The van der Waals surface area contributed by atoms with E-state index in [4.69, 9.17) is 0 Å². The minimum Gasteiger partial charge on any atom is -0.364 e. The normalized spacial score (nSPS) is 11.2. The third kappa shape index (κ3) is 4.26. The smallest absolute Gasteiger partial charge is 0.364 e. The fraction of sp³-hybridized carbons (Fsp3) is 0.222. The number of rotatable bonds is 6. The lowest BCUT2D eigenvalue weighted by molar-refractivity contribution is -0.255. The Labute approximate surface area is 97.7 Å². The minimum atomic E-state index is -4.23. The summed E-state index contributed by atoms with van der Waals surface area (Å²) in [5, 5.41) is 0. The Morgan fingerprint density at radius 3 is 2.06 bits per heavy atom. The number of hydrogen-bond acceptors (Lipinski definition) is 7. The van der Waals surface area contributed by atoms with Crippen molar-refractivity contribution < 1.29 is 33.0 Å². The van der Waals surface area contributed by atoms with Gasteiger partial charge in [0.05, 0.1) is 19.8 Å². The third-order valence-electron chi connectivity index (χ3n) is 1.54. The molecule has 94 valence electrons. The van der Waals surface area contributed by atoms with Crippen LogP contribution in [0.4, 0.5) is 0 Å². The van der Waals surface area contributed by atoms with Crippen LogP contribution in [0, 0.1) is 0 Å². The molecular formula is C9H11O7P. The summed E-state index contributed by atoms with van der Waals surface area (Å²) in [7, 11) is -2.06. The first-order valence-electron chi connectivity index (χ1n) is 4.45. The topological polar surface area (TPSA) is 80.3 Å². The quantitative estimate of drug-likeness (QED) is 0.441. The van der Waals surface area contributed by atoms with Crippen molar-refractivity contribution in [3.8, 4) is 0 Å². The molecule has 0 aromatic heterocycles. The second-order valence-electron chi connectivity index (χ2n) is 2.67. The summed E-state index contributed by atoms with van der Waals surface area (Å²) in [6.45, 7) is 0. The molecule has 1 aromatic carbocycles. The minimum absolute atomic E-state index is 0.187. The molecular weight excluding hydrogens is 251 g/mol. The summed E-state index contributed by atoms with van der Waals surface area (Å²) in [4.78, 5) is 19.8. The van der Waals surface area contributed by atoms with Gasteiger partial charge in [0.1, 0.15) is 0 Å². The van der Waals surface area contributed by atoms with Crippen LogP contribution < -0.4 is 0 Å². The molecule has 0 aliphatic carbocycles. The van der Waals surface area contributed by atoms with Gasteiger partial charge < -0.3 is 4.52 Å². The molecule has 0 unspecified atom stereocenters. The molecule has 0 N–H and O–H groups in total. The summed E-state index contributed by atoms with van der Waals surface area (Å²) in [5.74, 6) is -0.886.